The number of hydrogen-bond acceptors (Lipinski definition) is 2. The van der Waals surface area contributed by atoms with Gasteiger partial charge in [0.05, 0.1) is 0 Å². The van der Waals surface area contributed by atoms with Crippen molar-refractivity contribution in [3.05, 3.63) is 12.7 Å². The lowest BCUT2D eigenvalue weighted by Gasteiger charge is -2.07. The van der Waals surface area contributed by atoms with Crippen LogP contribution in [0.3, 0.4) is 0 Å². The Balaban J connectivity index is 2.89. The minimum absolute atomic E-state index is 0.618. The molecule has 0 bridgehead atoms. The van der Waals surface area contributed by atoms with E-state index in [1.54, 1.807) is 0 Å². The summed E-state index contributed by atoms with van der Waals surface area (Å²) in [6, 6.07) is 0.618. The Labute approximate surface area is 95.1 Å². The van der Waals surface area contributed by atoms with Gasteiger partial charge >= 0.3 is 0 Å². The van der Waals surface area contributed by atoms with Crippen molar-refractivity contribution in [3.63, 3.8) is 0 Å². The molecule has 0 saturated heterocycles. The second kappa shape index (κ2) is 11.7. The summed E-state index contributed by atoms with van der Waals surface area (Å²) < 4.78 is 5.43. The maximum Gasteiger partial charge on any atom is 0.0500 e. The molecule has 1 N–H and O–H groups in total. The Bertz CT molecular complexity index is 134. The lowest BCUT2D eigenvalue weighted by atomic mass is 10.2. The van der Waals surface area contributed by atoms with Gasteiger partial charge in [-0.25, -0.2) is 0 Å². The molecule has 0 heterocycles. The predicted molar refractivity (Wildman–Crippen MR) is 67.2 cm³/mol. The Hall–Kier alpha value is -0.340. The van der Waals surface area contributed by atoms with Crippen molar-refractivity contribution < 1.29 is 4.74 Å². The third-order valence-electron chi connectivity index (χ3n) is 2.23. The van der Waals surface area contributed by atoms with Crippen LogP contribution >= 0.6 is 0 Å². The van der Waals surface area contributed by atoms with Crippen LogP contribution < -0.4 is 5.32 Å². The molecule has 0 atom stereocenters. The van der Waals surface area contributed by atoms with Gasteiger partial charge in [0, 0.05) is 19.3 Å². The molecule has 0 spiro atoms. The number of ether oxygens (including phenoxy) is 1. The summed E-state index contributed by atoms with van der Waals surface area (Å²) in [5.74, 6) is 0. The lowest BCUT2D eigenvalue weighted by Crippen LogP contribution is -2.23. The highest BCUT2D eigenvalue weighted by molar-refractivity contribution is 4.64. The molecule has 0 rings (SSSR count). The number of hydrogen-bond donors (Lipinski definition) is 1. The molecular formula is C13H27NO. The van der Waals surface area contributed by atoms with E-state index in [9.17, 15) is 0 Å². The molecule has 0 radical (unpaired) electrons. The van der Waals surface area contributed by atoms with Crippen molar-refractivity contribution in [2.24, 2.45) is 0 Å². The first kappa shape index (κ1) is 14.7. The molecule has 15 heavy (non-hydrogen) atoms. The molecule has 0 aromatic heterocycles. The van der Waals surface area contributed by atoms with E-state index < -0.39 is 0 Å². The van der Waals surface area contributed by atoms with Gasteiger partial charge in [0.25, 0.3) is 0 Å². The monoisotopic (exact) mass is 213 g/mol. The molecule has 0 amide bonds. The van der Waals surface area contributed by atoms with E-state index >= 15 is 0 Å². The normalized spacial score (nSPS) is 10.9. The van der Waals surface area contributed by atoms with Crippen LogP contribution in [0.4, 0.5) is 0 Å². The van der Waals surface area contributed by atoms with Crippen LogP contribution in [-0.2, 0) is 4.74 Å². The molecule has 2 heteroatoms. The predicted octanol–water partition coefficient (Wildman–Crippen LogP) is 3.14. The van der Waals surface area contributed by atoms with Crippen LogP contribution in [0.25, 0.3) is 0 Å². The van der Waals surface area contributed by atoms with E-state index in [1.807, 2.05) is 6.08 Å². The molecule has 0 unspecified atom stereocenters. The van der Waals surface area contributed by atoms with E-state index in [-0.39, 0.29) is 0 Å². The number of nitrogens with one attached hydrogen (secondary N) is 1. The van der Waals surface area contributed by atoms with E-state index in [2.05, 4.69) is 25.7 Å². The third kappa shape index (κ3) is 13.7. The topological polar surface area (TPSA) is 21.3 Å². The summed E-state index contributed by atoms with van der Waals surface area (Å²) in [6.07, 6.45) is 7.94. The number of rotatable bonds is 11. The average molecular weight is 213 g/mol. The van der Waals surface area contributed by atoms with Crippen LogP contribution in [0, 0.1) is 0 Å². The third-order valence-corrected chi connectivity index (χ3v) is 2.23. The Morgan fingerprint density at radius 2 is 1.87 bits per heavy atom. The van der Waals surface area contributed by atoms with Crippen molar-refractivity contribution in [2.45, 2.75) is 52.0 Å². The molecule has 0 aliphatic heterocycles. The van der Waals surface area contributed by atoms with Crippen molar-refractivity contribution in [3.8, 4) is 0 Å². The molecule has 0 aliphatic carbocycles. The molecule has 2 nitrogen and oxygen atoms in total. The maximum atomic E-state index is 5.43. The molecule has 0 aliphatic rings. The summed E-state index contributed by atoms with van der Waals surface area (Å²) in [7, 11) is 0. The second-order valence-electron chi connectivity index (χ2n) is 4.21. The summed E-state index contributed by atoms with van der Waals surface area (Å²) in [5.41, 5.74) is 0. The molecule has 0 fully saturated rings. The first-order valence-corrected chi connectivity index (χ1v) is 6.19. The minimum Gasteiger partial charge on any atom is -0.381 e. The van der Waals surface area contributed by atoms with Crippen molar-refractivity contribution in [1.29, 1.82) is 0 Å². The van der Waals surface area contributed by atoms with Crippen molar-refractivity contribution in [1.82, 2.24) is 5.32 Å². The van der Waals surface area contributed by atoms with Gasteiger partial charge in [0.2, 0.25) is 0 Å². The van der Waals surface area contributed by atoms with Crippen LogP contribution in [0.2, 0.25) is 0 Å². The SMILES string of the molecule is C=CCCOCCCCCCNC(C)C. The van der Waals surface area contributed by atoms with Gasteiger partial charge in [-0.15, -0.1) is 6.58 Å². The Morgan fingerprint density at radius 3 is 2.53 bits per heavy atom. The highest BCUT2D eigenvalue weighted by Crippen LogP contribution is 1.99. The van der Waals surface area contributed by atoms with E-state index in [0.717, 1.165) is 26.2 Å². The van der Waals surface area contributed by atoms with Crippen LogP contribution in [0.5, 0.6) is 0 Å². The van der Waals surface area contributed by atoms with Gasteiger partial charge in [-0.05, 0) is 25.8 Å². The fourth-order valence-corrected chi connectivity index (χ4v) is 1.34. The highest BCUT2D eigenvalue weighted by Gasteiger charge is 1.93. The van der Waals surface area contributed by atoms with Crippen LogP contribution in [-0.4, -0.2) is 25.8 Å². The smallest absolute Gasteiger partial charge is 0.0500 e. The zero-order valence-corrected chi connectivity index (χ0v) is 10.4. The van der Waals surface area contributed by atoms with E-state index in [1.165, 1.54) is 25.7 Å². The molecular weight excluding hydrogens is 186 g/mol. The largest absolute Gasteiger partial charge is 0.381 e. The van der Waals surface area contributed by atoms with Gasteiger partial charge in [0.15, 0.2) is 0 Å². The van der Waals surface area contributed by atoms with Gasteiger partial charge in [0.1, 0.15) is 0 Å². The average Bonchev–Trinajstić information content (AvgIpc) is 2.20. The van der Waals surface area contributed by atoms with Gasteiger partial charge < -0.3 is 10.1 Å². The zero-order chi connectivity index (χ0) is 11.4. The summed E-state index contributed by atoms with van der Waals surface area (Å²) in [5, 5.41) is 3.42. The second-order valence-corrected chi connectivity index (χ2v) is 4.21. The quantitative estimate of drug-likeness (QED) is 0.420. The van der Waals surface area contributed by atoms with E-state index in [0.29, 0.717) is 6.04 Å². The van der Waals surface area contributed by atoms with Crippen LogP contribution in [0.15, 0.2) is 12.7 Å². The summed E-state index contributed by atoms with van der Waals surface area (Å²) in [6.45, 7) is 10.9. The fourth-order valence-electron chi connectivity index (χ4n) is 1.34. The first-order chi connectivity index (χ1) is 7.27. The lowest BCUT2D eigenvalue weighted by molar-refractivity contribution is 0.134. The maximum absolute atomic E-state index is 5.43. The van der Waals surface area contributed by atoms with E-state index in [4.69, 9.17) is 4.74 Å². The molecule has 90 valence electrons. The van der Waals surface area contributed by atoms with Crippen molar-refractivity contribution in [2.75, 3.05) is 19.8 Å². The summed E-state index contributed by atoms with van der Waals surface area (Å²) >= 11 is 0. The zero-order valence-electron chi connectivity index (χ0n) is 10.4. The Morgan fingerprint density at radius 1 is 1.13 bits per heavy atom. The van der Waals surface area contributed by atoms with Gasteiger partial charge in [-0.2, -0.15) is 0 Å². The van der Waals surface area contributed by atoms with Gasteiger partial charge in [-0.1, -0.05) is 32.8 Å². The van der Waals surface area contributed by atoms with Crippen molar-refractivity contribution >= 4 is 0 Å². The summed E-state index contributed by atoms with van der Waals surface area (Å²) in [4.78, 5) is 0. The first-order valence-electron chi connectivity index (χ1n) is 6.19. The standard InChI is InChI=1S/C13H27NO/c1-4-5-11-15-12-9-7-6-8-10-14-13(2)3/h4,13-14H,1,5-12H2,2-3H3. The number of unbranched alkanes of at least 4 members (excludes halogenated alkanes) is 3. The fraction of sp³-hybridized carbons (Fsp3) is 0.846. The van der Waals surface area contributed by atoms with Crippen LogP contribution in [0.1, 0.15) is 46.0 Å². The molecule has 0 aromatic carbocycles. The highest BCUT2D eigenvalue weighted by atomic mass is 16.5. The molecule has 0 aromatic rings. The minimum atomic E-state index is 0.618. The molecule has 0 saturated carbocycles. The Kier molecular flexibility index (Phi) is 11.5. The van der Waals surface area contributed by atoms with Gasteiger partial charge in [-0.3, -0.25) is 0 Å².